The van der Waals surface area contributed by atoms with Gasteiger partial charge in [0.15, 0.2) is 5.96 Å². The van der Waals surface area contributed by atoms with Gasteiger partial charge < -0.3 is 16.0 Å². The van der Waals surface area contributed by atoms with Crippen LogP contribution in [0.15, 0.2) is 29.3 Å². The highest BCUT2D eigenvalue weighted by Gasteiger charge is 2.23. The molecule has 1 saturated heterocycles. The lowest BCUT2D eigenvalue weighted by atomic mass is 9.95. The molecule has 0 bridgehead atoms. The predicted molar refractivity (Wildman–Crippen MR) is 136 cm³/mol. The zero-order chi connectivity index (χ0) is 22.1. The Balaban J connectivity index is 0.00000480. The fourth-order valence-electron chi connectivity index (χ4n) is 3.75. The number of aliphatic imine (C=N–C) groups is 1. The number of carbonyl (C=O) groups excluding carboxylic acids is 1. The topological polar surface area (TPSA) is 117 Å². The van der Waals surface area contributed by atoms with E-state index in [-0.39, 0.29) is 47.6 Å². The summed E-state index contributed by atoms with van der Waals surface area (Å²) in [5, 5.41) is 3.32. The van der Waals surface area contributed by atoms with Gasteiger partial charge in [-0.1, -0.05) is 24.3 Å². The first-order chi connectivity index (χ1) is 14.2. The quantitative estimate of drug-likeness (QED) is 0.241. The largest absolute Gasteiger partial charge is 0.370 e. The van der Waals surface area contributed by atoms with Gasteiger partial charge in [-0.05, 0) is 50.7 Å². The summed E-state index contributed by atoms with van der Waals surface area (Å²) < 4.78 is 27.4. The van der Waals surface area contributed by atoms with Gasteiger partial charge in [0.05, 0.1) is 12.3 Å². The molecule has 2 rings (SSSR count). The van der Waals surface area contributed by atoms with Gasteiger partial charge >= 0.3 is 0 Å². The molecule has 1 amide bonds. The number of hydrogen-bond acceptors (Lipinski definition) is 4. The highest BCUT2D eigenvalue weighted by Crippen LogP contribution is 2.20. The Bertz CT molecular complexity index is 845. The normalized spacial score (nSPS) is 17.4. The monoisotopic (exact) mass is 565 g/mol. The number of primary amides is 1. The van der Waals surface area contributed by atoms with E-state index in [9.17, 15) is 13.2 Å². The third kappa shape index (κ3) is 9.73. The summed E-state index contributed by atoms with van der Waals surface area (Å²) in [6.07, 6.45) is 2.36. The van der Waals surface area contributed by atoms with Gasteiger partial charge in [0.2, 0.25) is 15.9 Å². The van der Waals surface area contributed by atoms with Crippen LogP contribution in [0.2, 0.25) is 0 Å². The summed E-state index contributed by atoms with van der Waals surface area (Å²) in [5.74, 6) is 0.677. The Labute approximate surface area is 203 Å². The lowest BCUT2D eigenvalue weighted by molar-refractivity contribution is -0.119. The van der Waals surface area contributed by atoms with Crippen molar-refractivity contribution >= 4 is 45.9 Å². The van der Waals surface area contributed by atoms with Crippen LogP contribution in [0.25, 0.3) is 0 Å². The maximum absolute atomic E-state index is 12.4. The Hall–Kier alpha value is -1.40. The molecule has 8 nitrogen and oxygen atoms in total. The number of rotatable bonds is 9. The van der Waals surface area contributed by atoms with Crippen molar-refractivity contribution in [3.05, 3.63) is 35.4 Å². The lowest BCUT2D eigenvalue weighted by Crippen LogP contribution is -2.47. The average Bonchev–Trinajstić information content (AvgIpc) is 2.64. The lowest BCUT2D eigenvalue weighted by Gasteiger charge is -2.34. The van der Waals surface area contributed by atoms with Gasteiger partial charge in [0.1, 0.15) is 0 Å². The Morgan fingerprint density at radius 1 is 1.29 bits per heavy atom. The minimum Gasteiger partial charge on any atom is -0.370 e. The van der Waals surface area contributed by atoms with E-state index in [4.69, 9.17) is 10.7 Å². The van der Waals surface area contributed by atoms with Crippen LogP contribution >= 0.6 is 24.0 Å². The molecule has 1 aromatic rings. The molecular formula is C21H36IN5O3S. The number of halogens is 1. The SMILES string of the molecule is CCNC(=NCc1ccccc1CS(=O)(=O)NC(C)C)N1CCCC(CC(N)=O)C1.I. The van der Waals surface area contributed by atoms with Crippen LogP contribution < -0.4 is 15.8 Å². The number of piperidine rings is 1. The van der Waals surface area contributed by atoms with Crippen LogP contribution in [-0.2, 0) is 27.1 Å². The van der Waals surface area contributed by atoms with Crippen molar-refractivity contribution < 1.29 is 13.2 Å². The Morgan fingerprint density at radius 3 is 2.58 bits per heavy atom. The number of nitrogens with one attached hydrogen (secondary N) is 2. The predicted octanol–water partition coefficient (Wildman–Crippen LogP) is 2.19. The summed E-state index contributed by atoms with van der Waals surface area (Å²) in [7, 11) is -3.41. The molecule has 0 aromatic heterocycles. The number of amides is 1. The summed E-state index contributed by atoms with van der Waals surface area (Å²) in [4.78, 5) is 18.2. The van der Waals surface area contributed by atoms with Crippen LogP contribution in [0, 0.1) is 5.92 Å². The van der Waals surface area contributed by atoms with Crippen molar-refractivity contribution in [3.8, 4) is 0 Å². The van der Waals surface area contributed by atoms with E-state index >= 15 is 0 Å². The number of carbonyl (C=O) groups is 1. The molecule has 4 N–H and O–H groups in total. The number of benzene rings is 1. The molecule has 1 fully saturated rings. The van der Waals surface area contributed by atoms with Gasteiger partial charge in [-0.15, -0.1) is 24.0 Å². The van der Waals surface area contributed by atoms with Crippen LogP contribution in [0.5, 0.6) is 0 Å². The molecule has 0 spiro atoms. The molecule has 0 aliphatic carbocycles. The first-order valence-electron chi connectivity index (χ1n) is 10.6. The van der Waals surface area contributed by atoms with Gasteiger partial charge in [0, 0.05) is 32.1 Å². The van der Waals surface area contributed by atoms with E-state index in [0.717, 1.165) is 49.6 Å². The smallest absolute Gasteiger partial charge is 0.217 e. The van der Waals surface area contributed by atoms with Crippen LogP contribution in [-0.4, -0.2) is 50.9 Å². The molecule has 10 heteroatoms. The third-order valence-electron chi connectivity index (χ3n) is 4.92. The fourth-order valence-corrected chi connectivity index (χ4v) is 5.25. The van der Waals surface area contributed by atoms with E-state index in [1.165, 1.54) is 0 Å². The third-order valence-corrected chi connectivity index (χ3v) is 6.44. The minimum atomic E-state index is -3.41. The summed E-state index contributed by atoms with van der Waals surface area (Å²) in [6, 6.07) is 7.35. The highest BCUT2D eigenvalue weighted by atomic mass is 127. The first kappa shape index (κ1) is 27.6. The van der Waals surface area contributed by atoms with E-state index in [1.54, 1.807) is 13.8 Å². The number of hydrogen-bond donors (Lipinski definition) is 3. The number of sulfonamides is 1. The number of guanidine groups is 1. The number of nitrogens with two attached hydrogens (primary N) is 1. The van der Waals surface area contributed by atoms with E-state index in [1.807, 2.05) is 31.2 Å². The van der Waals surface area contributed by atoms with Gasteiger partial charge in [-0.2, -0.15) is 0 Å². The summed E-state index contributed by atoms with van der Waals surface area (Å²) >= 11 is 0. The van der Waals surface area contributed by atoms with Gasteiger partial charge in [-0.3, -0.25) is 4.79 Å². The standard InChI is InChI=1S/C21H35N5O3S.HI/c1-4-23-21(26-11-7-8-17(14-26)12-20(22)27)24-13-18-9-5-6-10-19(18)15-30(28,29)25-16(2)3;/h5-6,9-10,16-17,25H,4,7-8,11-15H2,1-3H3,(H2,22,27)(H,23,24);1H. The molecule has 1 unspecified atom stereocenters. The molecular weight excluding hydrogens is 529 g/mol. The van der Waals surface area contributed by atoms with E-state index in [2.05, 4.69) is 14.9 Å². The molecule has 1 aliphatic rings. The van der Waals surface area contributed by atoms with Crippen molar-refractivity contribution in [2.45, 2.75) is 58.4 Å². The molecule has 176 valence electrons. The molecule has 0 saturated carbocycles. The van der Waals surface area contributed by atoms with Crippen molar-refractivity contribution in [2.75, 3.05) is 19.6 Å². The second-order valence-electron chi connectivity index (χ2n) is 8.10. The van der Waals surface area contributed by atoms with E-state index < -0.39 is 10.0 Å². The number of nitrogens with zero attached hydrogens (tertiary/aromatic N) is 2. The minimum absolute atomic E-state index is 0. The van der Waals surface area contributed by atoms with Crippen LogP contribution in [0.4, 0.5) is 0 Å². The van der Waals surface area contributed by atoms with Gasteiger partial charge in [-0.25, -0.2) is 18.1 Å². The summed E-state index contributed by atoms with van der Waals surface area (Å²) in [6.45, 7) is 8.34. The van der Waals surface area contributed by atoms with Crippen LogP contribution in [0.1, 0.15) is 51.2 Å². The maximum atomic E-state index is 12.4. The summed E-state index contributed by atoms with van der Waals surface area (Å²) in [5.41, 5.74) is 7.01. The van der Waals surface area contributed by atoms with Crippen molar-refractivity contribution in [3.63, 3.8) is 0 Å². The molecule has 0 radical (unpaired) electrons. The molecule has 1 aromatic carbocycles. The van der Waals surface area contributed by atoms with Crippen molar-refractivity contribution in [2.24, 2.45) is 16.6 Å². The van der Waals surface area contributed by atoms with Crippen molar-refractivity contribution in [1.29, 1.82) is 0 Å². The second kappa shape index (κ2) is 13.2. The van der Waals surface area contributed by atoms with Crippen LogP contribution in [0.3, 0.4) is 0 Å². The first-order valence-corrected chi connectivity index (χ1v) is 12.2. The molecule has 31 heavy (non-hydrogen) atoms. The zero-order valence-corrected chi connectivity index (χ0v) is 21.8. The van der Waals surface area contributed by atoms with Crippen molar-refractivity contribution in [1.82, 2.24) is 14.9 Å². The molecule has 1 aliphatic heterocycles. The second-order valence-corrected chi connectivity index (χ2v) is 9.85. The Kier molecular flexibility index (Phi) is 11.8. The maximum Gasteiger partial charge on any atom is 0.217 e. The number of likely N-dealkylation sites (tertiary alicyclic amines) is 1. The molecule has 1 atom stereocenters. The van der Waals surface area contributed by atoms with Gasteiger partial charge in [0.25, 0.3) is 0 Å². The Morgan fingerprint density at radius 2 is 1.97 bits per heavy atom. The average molecular weight is 566 g/mol. The van der Waals surface area contributed by atoms with E-state index in [0.29, 0.717) is 13.0 Å². The highest BCUT2D eigenvalue weighted by molar-refractivity contribution is 14.0. The molecule has 1 heterocycles. The zero-order valence-electron chi connectivity index (χ0n) is 18.6. The fraction of sp³-hybridized carbons (Fsp3) is 0.619.